The monoisotopic (exact) mass is 427 g/mol. The molecule has 3 nitrogen and oxygen atoms in total. The second kappa shape index (κ2) is 9.52. The van der Waals surface area contributed by atoms with Crippen LogP contribution in [0.4, 0.5) is 0 Å². The van der Waals surface area contributed by atoms with Gasteiger partial charge in [0.05, 0.1) is 0 Å². The van der Waals surface area contributed by atoms with E-state index in [2.05, 4.69) is 67.5 Å². The van der Waals surface area contributed by atoms with Gasteiger partial charge in [0, 0.05) is 28.6 Å². The number of aryl methyl sites for hydroxylation is 1. The van der Waals surface area contributed by atoms with Crippen LogP contribution < -0.4 is 4.74 Å². The molecule has 0 aliphatic carbocycles. The Bertz CT molecular complexity index is 1170. The largest absolute Gasteiger partial charge is 0.508 e. The molecule has 32 heavy (non-hydrogen) atoms. The number of ether oxygens (including phenoxy) is 1. The zero-order chi connectivity index (χ0) is 22.6. The first-order valence-electron chi connectivity index (χ1n) is 11.7. The van der Waals surface area contributed by atoms with Crippen LogP contribution in [0.3, 0.4) is 0 Å². The summed E-state index contributed by atoms with van der Waals surface area (Å²) in [4.78, 5) is 3.52. The zero-order valence-electron chi connectivity index (χ0n) is 19.3. The normalized spacial score (nSPS) is 11.7. The highest BCUT2D eigenvalue weighted by molar-refractivity contribution is 5.86. The molecule has 0 radical (unpaired) electrons. The van der Waals surface area contributed by atoms with Crippen LogP contribution in [0.15, 0.2) is 72.9 Å². The summed E-state index contributed by atoms with van der Waals surface area (Å²) in [5, 5.41) is 11.4. The van der Waals surface area contributed by atoms with Crippen LogP contribution in [0.5, 0.6) is 11.5 Å². The van der Waals surface area contributed by atoms with Crippen LogP contribution in [0, 0.1) is 6.92 Å². The molecule has 3 heteroatoms. The van der Waals surface area contributed by atoms with Crippen molar-refractivity contribution >= 4 is 10.9 Å². The number of nitrogens with one attached hydrogen (secondary N) is 1. The molecule has 4 aromatic rings. The second-order valence-corrected chi connectivity index (χ2v) is 8.77. The number of aromatic amines is 1. The molecule has 0 saturated carbocycles. The lowest BCUT2D eigenvalue weighted by molar-refractivity contribution is 0.306. The summed E-state index contributed by atoms with van der Waals surface area (Å²) in [5.41, 5.74) is 5.70. The number of fused-ring (bicyclic) bond motifs is 1. The van der Waals surface area contributed by atoms with Gasteiger partial charge in [-0.25, -0.2) is 0 Å². The first kappa shape index (κ1) is 22.0. The molecule has 0 saturated heterocycles. The maximum absolute atomic E-state index is 10.1. The van der Waals surface area contributed by atoms with Gasteiger partial charge in [-0.1, -0.05) is 69.2 Å². The minimum absolute atomic E-state index is 0.0907. The Morgan fingerprint density at radius 1 is 0.906 bits per heavy atom. The number of phenols is 1. The van der Waals surface area contributed by atoms with Crippen LogP contribution in [0.1, 0.15) is 61.8 Å². The Kier molecular flexibility index (Phi) is 6.55. The van der Waals surface area contributed by atoms with Gasteiger partial charge in [0.15, 0.2) is 0 Å². The highest BCUT2D eigenvalue weighted by Gasteiger charge is 2.35. The first-order chi connectivity index (χ1) is 15.6. The van der Waals surface area contributed by atoms with Gasteiger partial charge >= 0.3 is 0 Å². The molecule has 0 amide bonds. The average Bonchev–Trinajstić information content (AvgIpc) is 3.24. The molecule has 0 fully saturated rings. The summed E-state index contributed by atoms with van der Waals surface area (Å²) in [6, 6.07) is 22.7. The molecule has 0 atom stereocenters. The number of aromatic hydroxyl groups is 1. The van der Waals surface area contributed by atoms with Crippen LogP contribution >= 0.6 is 0 Å². The van der Waals surface area contributed by atoms with E-state index in [1.807, 2.05) is 31.2 Å². The molecule has 0 aliphatic heterocycles. The third-order valence-corrected chi connectivity index (χ3v) is 6.52. The van der Waals surface area contributed by atoms with Gasteiger partial charge in [-0.2, -0.15) is 0 Å². The van der Waals surface area contributed by atoms with Gasteiger partial charge in [0.2, 0.25) is 0 Å². The fourth-order valence-corrected chi connectivity index (χ4v) is 4.98. The van der Waals surface area contributed by atoms with Gasteiger partial charge < -0.3 is 14.8 Å². The van der Waals surface area contributed by atoms with E-state index < -0.39 is 0 Å². The molecule has 1 aromatic heterocycles. The van der Waals surface area contributed by atoms with Gasteiger partial charge in [0.25, 0.3) is 0 Å². The molecule has 166 valence electrons. The third-order valence-electron chi connectivity index (χ3n) is 6.52. The minimum Gasteiger partial charge on any atom is -0.508 e. The fourth-order valence-electron chi connectivity index (χ4n) is 4.98. The number of hydrogen-bond donors (Lipinski definition) is 2. The summed E-state index contributed by atoms with van der Waals surface area (Å²) in [6.07, 6.45) is 6.48. The number of aromatic nitrogens is 1. The van der Waals surface area contributed by atoms with Crippen molar-refractivity contribution in [3.8, 4) is 11.5 Å². The summed E-state index contributed by atoms with van der Waals surface area (Å²) < 4.78 is 6.06. The van der Waals surface area contributed by atoms with E-state index in [9.17, 15) is 5.11 Å². The third kappa shape index (κ3) is 4.25. The topological polar surface area (TPSA) is 45.2 Å². The number of benzene rings is 3. The molecule has 3 aromatic carbocycles. The van der Waals surface area contributed by atoms with Gasteiger partial charge in [-0.15, -0.1) is 0 Å². The Morgan fingerprint density at radius 3 is 2.34 bits per heavy atom. The summed E-state index contributed by atoms with van der Waals surface area (Å²) in [6.45, 7) is 7.04. The molecular weight excluding hydrogens is 394 g/mol. The Labute approximate surface area is 191 Å². The predicted molar refractivity (Wildman–Crippen MR) is 133 cm³/mol. The summed E-state index contributed by atoms with van der Waals surface area (Å²) in [5.74, 6) is 1.22. The highest BCUT2D eigenvalue weighted by atomic mass is 16.5. The Morgan fingerprint density at radius 2 is 1.66 bits per heavy atom. The number of phenolic OH excluding ortho intramolecular Hbond substituents is 1. The van der Waals surface area contributed by atoms with Crippen molar-refractivity contribution in [3.05, 3.63) is 95.2 Å². The van der Waals surface area contributed by atoms with Gasteiger partial charge in [0.1, 0.15) is 18.1 Å². The number of hydrogen-bond acceptors (Lipinski definition) is 2. The van der Waals surface area contributed by atoms with Crippen molar-refractivity contribution in [3.63, 3.8) is 0 Å². The fraction of sp³-hybridized carbons (Fsp3) is 0.310. The number of rotatable bonds is 9. The zero-order valence-corrected chi connectivity index (χ0v) is 19.3. The molecular formula is C29H33NO2. The summed E-state index contributed by atoms with van der Waals surface area (Å²) >= 11 is 0. The maximum atomic E-state index is 10.1. The van der Waals surface area contributed by atoms with E-state index in [-0.39, 0.29) is 5.41 Å². The highest BCUT2D eigenvalue weighted by Crippen LogP contribution is 2.45. The molecule has 0 aliphatic rings. The lowest BCUT2D eigenvalue weighted by Gasteiger charge is -2.35. The number of H-pyrrole nitrogens is 1. The first-order valence-corrected chi connectivity index (χ1v) is 11.7. The van der Waals surface area contributed by atoms with Crippen LogP contribution in [-0.4, -0.2) is 10.1 Å². The second-order valence-electron chi connectivity index (χ2n) is 8.77. The Balaban J connectivity index is 1.73. The van der Waals surface area contributed by atoms with E-state index >= 15 is 0 Å². The van der Waals surface area contributed by atoms with Crippen molar-refractivity contribution in [2.45, 2.75) is 58.5 Å². The quantitative estimate of drug-likeness (QED) is 0.288. The van der Waals surface area contributed by atoms with E-state index in [1.54, 1.807) is 0 Å². The molecule has 0 spiro atoms. The van der Waals surface area contributed by atoms with E-state index in [0.717, 1.165) is 48.1 Å². The Hall–Kier alpha value is -3.20. The molecule has 2 N–H and O–H groups in total. The standard InChI is InChI=1S/C29H33NO2/c1-4-15-29(16-5-2,23-11-14-28(31)21(3)17-23)26-19-30-27-18-24(12-13-25(26)27)32-20-22-9-7-6-8-10-22/h6-14,17-19,30-31H,4-5,15-16,20H2,1-3H3. The van der Waals surface area contributed by atoms with Crippen LogP contribution in [0.25, 0.3) is 10.9 Å². The molecule has 0 bridgehead atoms. The predicted octanol–water partition coefficient (Wildman–Crippen LogP) is 7.65. The lowest BCUT2D eigenvalue weighted by Crippen LogP contribution is -2.27. The molecule has 1 heterocycles. The van der Waals surface area contributed by atoms with Gasteiger partial charge in [-0.05, 0) is 60.2 Å². The van der Waals surface area contributed by atoms with Crippen LogP contribution in [0.2, 0.25) is 0 Å². The van der Waals surface area contributed by atoms with E-state index in [0.29, 0.717) is 12.4 Å². The van der Waals surface area contributed by atoms with Crippen molar-refractivity contribution in [2.75, 3.05) is 0 Å². The maximum Gasteiger partial charge on any atom is 0.121 e. The average molecular weight is 428 g/mol. The van der Waals surface area contributed by atoms with E-state index in [1.165, 1.54) is 16.5 Å². The van der Waals surface area contributed by atoms with Crippen molar-refractivity contribution < 1.29 is 9.84 Å². The lowest BCUT2D eigenvalue weighted by atomic mass is 9.68. The molecule has 4 rings (SSSR count). The van der Waals surface area contributed by atoms with E-state index in [4.69, 9.17) is 4.74 Å². The van der Waals surface area contributed by atoms with Crippen molar-refractivity contribution in [1.29, 1.82) is 0 Å². The van der Waals surface area contributed by atoms with Crippen LogP contribution in [-0.2, 0) is 12.0 Å². The molecule has 0 unspecified atom stereocenters. The summed E-state index contributed by atoms with van der Waals surface area (Å²) in [7, 11) is 0. The SMILES string of the molecule is CCCC(CCC)(c1ccc(O)c(C)c1)c1c[nH]c2cc(OCc3ccccc3)ccc12. The smallest absolute Gasteiger partial charge is 0.121 e. The van der Waals surface area contributed by atoms with Crippen molar-refractivity contribution in [2.24, 2.45) is 0 Å². The van der Waals surface area contributed by atoms with Crippen molar-refractivity contribution in [1.82, 2.24) is 4.98 Å². The minimum atomic E-state index is -0.0907. The van der Waals surface area contributed by atoms with Gasteiger partial charge in [-0.3, -0.25) is 0 Å².